The van der Waals surface area contributed by atoms with Gasteiger partial charge in [0.25, 0.3) is 0 Å². The number of nitrogens with zero attached hydrogens (tertiary/aromatic N) is 2. The number of hydrogen-bond donors (Lipinski definition) is 1. The Hall–Kier alpha value is -2.53. The van der Waals surface area contributed by atoms with Gasteiger partial charge in [-0.1, -0.05) is 24.6 Å². The van der Waals surface area contributed by atoms with E-state index in [0.29, 0.717) is 5.92 Å². The number of nitrogens with one attached hydrogen (secondary N) is 1. The summed E-state index contributed by atoms with van der Waals surface area (Å²) in [4.78, 5) is 17.4. The van der Waals surface area contributed by atoms with Crippen LogP contribution in [0.25, 0.3) is 0 Å². The maximum Gasteiger partial charge on any atom is 0.321 e. The molecule has 0 spiro atoms. The molecule has 0 unspecified atom stereocenters. The zero-order valence-corrected chi connectivity index (χ0v) is 19.2. The number of urea groups is 1. The second kappa shape index (κ2) is 9.53. The Morgan fingerprint density at radius 3 is 2.28 bits per heavy atom. The number of anilines is 1. The van der Waals surface area contributed by atoms with Crippen molar-refractivity contribution in [3.05, 3.63) is 59.2 Å². The Morgan fingerprint density at radius 2 is 1.62 bits per heavy atom. The van der Waals surface area contributed by atoms with E-state index in [0.717, 1.165) is 43.4 Å². The Labute approximate surface area is 191 Å². The van der Waals surface area contributed by atoms with Crippen molar-refractivity contribution in [1.82, 2.24) is 9.80 Å². The van der Waals surface area contributed by atoms with Crippen molar-refractivity contribution in [2.75, 3.05) is 38.6 Å². The van der Waals surface area contributed by atoms with Crippen molar-refractivity contribution < 1.29 is 9.53 Å². The molecule has 1 saturated heterocycles. The van der Waals surface area contributed by atoms with Crippen LogP contribution < -0.4 is 10.1 Å². The topological polar surface area (TPSA) is 44.8 Å². The molecule has 3 aliphatic rings. The summed E-state index contributed by atoms with van der Waals surface area (Å²) in [5, 5.41) is 3.01. The molecule has 0 aromatic heterocycles. The van der Waals surface area contributed by atoms with Crippen molar-refractivity contribution in [2.45, 2.75) is 56.9 Å². The third-order valence-electron chi connectivity index (χ3n) is 7.75. The monoisotopic (exact) mass is 433 g/mol. The molecule has 5 heteroatoms. The van der Waals surface area contributed by atoms with E-state index in [1.54, 1.807) is 18.2 Å². The Balaban J connectivity index is 1.16. The van der Waals surface area contributed by atoms with E-state index in [2.05, 4.69) is 28.4 Å². The lowest BCUT2D eigenvalue weighted by atomic mass is 9.87. The second-order valence-electron chi connectivity index (χ2n) is 9.57. The summed E-state index contributed by atoms with van der Waals surface area (Å²) in [5.74, 6) is 1.34. The highest BCUT2D eigenvalue weighted by molar-refractivity contribution is 5.89. The highest BCUT2D eigenvalue weighted by Crippen LogP contribution is 2.32. The molecule has 2 aliphatic heterocycles. The Kier molecular flexibility index (Phi) is 6.35. The SMILES string of the molecule is COc1ccc(NC(=O)N2CCC(c3ccc4c(c3)CCN(C3CCC3)CC4)CC2)cc1. The minimum Gasteiger partial charge on any atom is -0.497 e. The van der Waals surface area contributed by atoms with Crippen LogP contribution in [0.2, 0.25) is 0 Å². The van der Waals surface area contributed by atoms with Gasteiger partial charge in [-0.05, 0) is 85.4 Å². The summed E-state index contributed by atoms with van der Waals surface area (Å²) in [7, 11) is 1.64. The van der Waals surface area contributed by atoms with E-state index in [1.807, 2.05) is 29.2 Å². The molecule has 1 N–H and O–H groups in total. The number of ether oxygens (including phenoxy) is 1. The number of hydrogen-bond acceptors (Lipinski definition) is 3. The third-order valence-corrected chi connectivity index (χ3v) is 7.75. The van der Waals surface area contributed by atoms with E-state index in [9.17, 15) is 4.79 Å². The zero-order valence-electron chi connectivity index (χ0n) is 19.2. The van der Waals surface area contributed by atoms with E-state index < -0.39 is 0 Å². The fraction of sp³-hybridized carbons (Fsp3) is 0.519. The molecule has 0 bridgehead atoms. The number of methoxy groups -OCH3 is 1. The molecule has 0 radical (unpaired) electrons. The summed E-state index contributed by atoms with van der Waals surface area (Å²) in [6.07, 6.45) is 8.64. The van der Waals surface area contributed by atoms with E-state index >= 15 is 0 Å². The number of piperidine rings is 1. The van der Waals surface area contributed by atoms with Gasteiger partial charge < -0.3 is 15.0 Å². The molecule has 32 heavy (non-hydrogen) atoms. The first kappa shape index (κ1) is 21.3. The number of amides is 2. The quantitative estimate of drug-likeness (QED) is 0.733. The number of rotatable bonds is 4. The van der Waals surface area contributed by atoms with Gasteiger partial charge in [0.1, 0.15) is 5.75 Å². The molecule has 2 heterocycles. The fourth-order valence-corrected chi connectivity index (χ4v) is 5.43. The molecule has 170 valence electrons. The largest absolute Gasteiger partial charge is 0.497 e. The molecule has 0 atom stereocenters. The van der Waals surface area contributed by atoms with Crippen molar-refractivity contribution in [1.29, 1.82) is 0 Å². The lowest BCUT2D eigenvalue weighted by Gasteiger charge is -2.36. The van der Waals surface area contributed by atoms with Gasteiger partial charge in [0.15, 0.2) is 0 Å². The van der Waals surface area contributed by atoms with Gasteiger partial charge in [-0.15, -0.1) is 0 Å². The van der Waals surface area contributed by atoms with Crippen molar-refractivity contribution in [2.24, 2.45) is 0 Å². The number of carbonyl (C=O) groups excluding carboxylic acids is 1. The first-order valence-electron chi connectivity index (χ1n) is 12.3. The molecule has 2 aromatic carbocycles. The van der Waals surface area contributed by atoms with Gasteiger partial charge in [0.2, 0.25) is 0 Å². The second-order valence-corrected chi connectivity index (χ2v) is 9.57. The lowest BCUT2D eigenvalue weighted by molar-refractivity contribution is 0.133. The Morgan fingerprint density at radius 1 is 0.906 bits per heavy atom. The summed E-state index contributed by atoms with van der Waals surface area (Å²) < 4.78 is 5.18. The number of benzene rings is 2. The standard InChI is InChI=1S/C27H35N3O2/c1-32-26-9-7-24(8-10-26)28-27(31)30-17-12-21(13-18-30)22-6-5-20-11-15-29(25-3-2-4-25)16-14-23(20)19-22/h5-10,19,21,25H,2-4,11-18H2,1H3,(H,28,31). The first-order valence-corrected chi connectivity index (χ1v) is 12.3. The van der Waals surface area contributed by atoms with Crippen LogP contribution >= 0.6 is 0 Å². The summed E-state index contributed by atoms with van der Waals surface area (Å²) >= 11 is 0. The maximum absolute atomic E-state index is 12.7. The van der Waals surface area contributed by atoms with Crippen molar-refractivity contribution in [3.8, 4) is 5.75 Å². The number of carbonyl (C=O) groups is 1. The average molecular weight is 434 g/mol. The number of fused-ring (bicyclic) bond motifs is 1. The van der Waals surface area contributed by atoms with Crippen LogP contribution in [0.5, 0.6) is 5.75 Å². The minimum absolute atomic E-state index is 0.00775. The molecule has 2 fully saturated rings. The zero-order chi connectivity index (χ0) is 21.9. The van der Waals surface area contributed by atoms with Crippen LogP contribution in [0.3, 0.4) is 0 Å². The molecule has 5 rings (SSSR count). The molecule has 2 aromatic rings. The van der Waals surface area contributed by atoms with E-state index in [1.165, 1.54) is 50.8 Å². The van der Waals surface area contributed by atoms with Gasteiger partial charge in [-0.2, -0.15) is 0 Å². The highest BCUT2D eigenvalue weighted by atomic mass is 16.5. The highest BCUT2D eigenvalue weighted by Gasteiger charge is 2.28. The molecular weight excluding hydrogens is 398 g/mol. The fourth-order valence-electron chi connectivity index (χ4n) is 5.43. The minimum atomic E-state index is -0.00775. The van der Waals surface area contributed by atoms with Gasteiger partial charge in [0, 0.05) is 37.9 Å². The van der Waals surface area contributed by atoms with Crippen LogP contribution in [0.4, 0.5) is 10.5 Å². The summed E-state index contributed by atoms with van der Waals surface area (Å²) in [6.45, 7) is 4.04. The van der Waals surface area contributed by atoms with Crippen molar-refractivity contribution in [3.63, 3.8) is 0 Å². The lowest BCUT2D eigenvalue weighted by Crippen LogP contribution is -2.41. The van der Waals surface area contributed by atoms with Crippen LogP contribution in [-0.2, 0) is 12.8 Å². The molecular formula is C27H35N3O2. The predicted molar refractivity (Wildman–Crippen MR) is 129 cm³/mol. The van der Waals surface area contributed by atoms with Crippen molar-refractivity contribution >= 4 is 11.7 Å². The van der Waals surface area contributed by atoms with E-state index in [4.69, 9.17) is 4.74 Å². The maximum atomic E-state index is 12.7. The summed E-state index contributed by atoms with van der Waals surface area (Å²) in [6, 6.07) is 15.6. The molecule has 5 nitrogen and oxygen atoms in total. The van der Waals surface area contributed by atoms with Crippen LogP contribution in [0, 0.1) is 0 Å². The Bertz CT molecular complexity index is 930. The normalized spacial score (nSPS) is 20.2. The van der Waals surface area contributed by atoms with Crippen LogP contribution in [0.15, 0.2) is 42.5 Å². The third kappa shape index (κ3) is 4.63. The van der Waals surface area contributed by atoms with E-state index in [-0.39, 0.29) is 6.03 Å². The van der Waals surface area contributed by atoms with Gasteiger partial charge in [0.05, 0.1) is 7.11 Å². The smallest absolute Gasteiger partial charge is 0.321 e. The van der Waals surface area contributed by atoms with Gasteiger partial charge >= 0.3 is 6.03 Å². The van der Waals surface area contributed by atoms with Gasteiger partial charge in [-0.3, -0.25) is 4.90 Å². The average Bonchev–Trinajstić information content (AvgIpc) is 3.01. The number of likely N-dealkylation sites (tertiary alicyclic amines) is 1. The van der Waals surface area contributed by atoms with Crippen LogP contribution in [-0.4, -0.2) is 55.2 Å². The van der Waals surface area contributed by atoms with Gasteiger partial charge in [-0.25, -0.2) is 4.79 Å². The first-order chi connectivity index (χ1) is 15.7. The summed E-state index contributed by atoms with van der Waals surface area (Å²) in [5.41, 5.74) is 5.38. The molecule has 1 aliphatic carbocycles. The predicted octanol–water partition coefficient (Wildman–Crippen LogP) is 5.06. The molecule has 2 amide bonds. The molecule has 1 saturated carbocycles. The van der Waals surface area contributed by atoms with Crippen LogP contribution in [0.1, 0.15) is 54.7 Å².